The summed E-state index contributed by atoms with van der Waals surface area (Å²) in [6.07, 6.45) is 2.37. The van der Waals surface area contributed by atoms with Gasteiger partial charge in [0, 0.05) is 17.5 Å². The first kappa shape index (κ1) is 12.7. The van der Waals surface area contributed by atoms with Crippen molar-refractivity contribution in [3.63, 3.8) is 0 Å². The minimum atomic E-state index is 0.279. The molecule has 1 aromatic heterocycles. The summed E-state index contributed by atoms with van der Waals surface area (Å²) >= 11 is 0. The molecule has 2 N–H and O–H groups in total. The molecule has 2 aromatic rings. The monoisotopic (exact) mass is 266 g/mol. The van der Waals surface area contributed by atoms with Crippen LogP contribution in [-0.4, -0.2) is 9.55 Å². The van der Waals surface area contributed by atoms with E-state index in [0.717, 1.165) is 17.1 Å². The molecule has 0 radical (unpaired) electrons. The van der Waals surface area contributed by atoms with Gasteiger partial charge in [-0.2, -0.15) is 5.26 Å². The highest BCUT2D eigenvalue weighted by Gasteiger charge is 2.32. The molecule has 1 fully saturated rings. The third-order valence-electron chi connectivity index (χ3n) is 3.74. The number of anilines is 1. The summed E-state index contributed by atoms with van der Waals surface area (Å²) < 4.78 is 2.11. The number of nitriles is 1. The molecule has 4 nitrogen and oxygen atoms in total. The molecule has 20 heavy (non-hydrogen) atoms. The molecule has 1 saturated carbocycles. The molecule has 4 heteroatoms. The van der Waals surface area contributed by atoms with Crippen molar-refractivity contribution in [3.8, 4) is 17.3 Å². The van der Waals surface area contributed by atoms with Crippen molar-refractivity contribution in [1.29, 1.82) is 5.26 Å². The first-order chi connectivity index (χ1) is 9.63. The lowest BCUT2D eigenvalue weighted by molar-refractivity contribution is 0.576. The van der Waals surface area contributed by atoms with Gasteiger partial charge in [-0.05, 0) is 32.8 Å². The number of hydrogen-bond donors (Lipinski definition) is 1. The van der Waals surface area contributed by atoms with Crippen molar-refractivity contribution < 1.29 is 0 Å². The number of imidazole rings is 1. The van der Waals surface area contributed by atoms with Crippen molar-refractivity contribution in [3.05, 3.63) is 35.7 Å². The average Bonchev–Trinajstić information content (AvgIpc) is 3.22. The predicted molar refractivity (Wildman–Crippen MR) is 79.2 cm³/mol. The van der Waals surface area contributed by atoms with E-state index in [1.807, 2.05) is 18.2 Å². The van der Waals surface area contributed by atoms with Crippen LogP contribution in [0.2, 0.25) is 0 Å². The van der Waals surface area contributed by atoms with Crippen LogP contribution < -0.4 is 5.73 Å². The van der Waals surface area contributed by atoms with Gasteiger partial charge in [-0.3, -0.25) is 0 Å². The van der Waals surface area contributed by atoms with Gasteiger partial charge in [-0.1, -0.05) is 18.2 Å². The largest absolute Gasteiger partial charge is 0.383 e. The smallest absolute Gasteiger partial charge is 0.132 e. The van der Waals surface area contributed by atoms with Gasteiger partial charge in [0.05, 0.1) is 11.6 Å². The van der Waals surface area contributed by atoms with Crippen LogP contribution in [0.25, 0.3) is 11.3 Å². The van der Waals surface area contributed by atoms with Crippen molar-refractivity contribution in [2.45, 2.75) is 38.6 Å². The minimum Gasteiger partial charge on any atom is -0.383 e. The van der Waals surface area contributed by atoms with Gasteiger partial charge < -0.3 is 10.3 Å². The molecule has 102 valence electrons. The lowest BCUT2D eigenvalue weighted by atomic mass is 10.1. The van der Waals surface area contributed by atoms with Gasteiger partial charge in [0.1, 0.15) is 17.3 Å². The first-order valence-corrected chi connectivity index (χ1v) is 7.00. The van der Waals surface area contributed by atoms with Crippen LogP contribution in [0.4, 0.5) is 5.82 Å². The van der Waals surface area contributed by atoms with E-state index in [-0.39, 0.29) is 6.04 Å². The summed E-state index contributed by atoms with van der Waals surface area (Å²) in [7, 11) is 0. The van der Waals surface area contributed by atoms with E-state index < -0.39 is 0 Å². The molecular weight excluding hydrogens is 248 g/mol. The number of hydrogen-bond acceptors (Lipinski definition) is 3. The molecule has 1 aromatic carbocycles. The van der Waals surface area contributed by atoms with E-state index in [1.54, 1.807) is 6.07 Å². The van der Waals surface area contributed by atoms with E-state index in [9.17, 15) is 5.26 Å². The van der Waals surface area contributed by atoms with E-state index >= 15 is 0 Å². The topological polar surface area (TPSA) is 67.6 Å². The van der Waals surface area contributed by atoms with Crippen molar-refractivity contribution in [2.75, 3.05) is 5.73 Å². The van der Waals surface area contributed by atoms with Crippen LogP contribution in [0.15, 0.2) is 24.3 Å². The quantitative estimate of drug-likeness (QED) is 0.925. The number of nitrogens with two attached hydrogens (primary N) is 1. The van der Waals surface area contributed by atoms with Crippen LogP contribution in [0, 0.1) is 11.3 Å². The molecule has 0 spiro atoms. The fourth-order valence-corrected chi connectivity index (χ4v) is 2.62. The third-order valence-corrected chi connectivity index (χ3v) is 3.74. The highest BCUT2D eigenvalue weighted by molar-refractivity contribution is 5.76. The second-order valence-corrected chi connectivity index (χ2v) is 5.60. The Morgan fingerprint density at radius 1 is 1.35 bits per heavy atom. The molecule has 0 atom stereocenters. The second-order valence-electron chi connectivity index (χ2n) is 5.60. The van der Waals surface area contributed by atoms with Crippen LogP contribution >= 0.6 is 0 Å². The van der Waals surface area contributed by atoms with Gasteiger partial charge in [0.25, 0.3) is 0 Å². The fourth-order valence-electron chi connectivity index (χ4n) is 2.62. The Labute approximate surface area is 118 Å². The Hall–Kier alpha value is -2.28. The molecule has 3 rings (SSSR count). The van der Waals surface area contributed by atoms with Crippen molar-refractivity contribution in [2.24, 2.45) is 0 Å². The maximum Gasteiger partial charge on any atom is 0.132 e. The minimum absolute atomic E-state index is 0.279. The zero-order valence-electron chi connectivity index (χ0n) is 11.8. The molecular formula is C16H18N4. The summed E-state index contributed by atoms with van der Waals surface area (Å²) in [6.45, 7) is 4.23. The van der Waals surface area contributed by atoms with Crippen molar-refractivity contribution >= 4 is 5.82 Å². The Morgan fingerprint density at radius 2 is 2.05 bits per heavy atom. The predicted octanol–water partition coefficient (Wildman–Crippen LogP) is 3.46. The van der Waals surface area contributed by atoms with Gasteiger partial charge in [-0.15, -0.1) is 0 Å². The summed E-state index contributed by atoms with van der Waals surface area (Å²) in [5, 5.41) is 9.25. The van der Waals surface area contributed by atoms with Gasteiger partial charge in [0.15, 0.2) is 0 Å². The molecule has 0 amide bonds. The third kappa shape index (κ3) is 1.96. The lowest BCUT2D eigenvalue weighted by Crippen LogP contribution is -2.08. The molecule has 1 aliphatic rings. The molecule has 0 saturated heterocycles. The van der Waals surface area contributed by atoms with Crippen LogP contribution in [-0.2, 0) is 0 Å². The van der Waals surface area contributed by atoms with Gasteiger partial charge in [0.2, 0.25) is 0 Å². The standard InChI is InChI=1S/C16H18N4/c1-10(2)20-15(18)14(19-16(20)11-7-8-11)13-6-4-3-5-12(13)9-17/h3-6,10-11H,7-8,18H2,1-2H3. The molecule has 0 bridgehead atoms. The van der Waals surface area contributed by atoms with Crippen LogP contribution in [0.3, 0.4) is 0 Å². The van der Waals surface area contributed by atoms with E-state index in [4.69, 9.17) is 10.7 Å². The zero-order valence-corrected chi connectivity index (χ0v) is 11.8. The fraction of sp³-hybridized carbons (Fsp3) is 0.375. The maximum absolute atomic E-state index is 9.25. The zero-order chi connectivity index (χ0) is 14.3. The number of aromatic nitrogens is 2. The Balaban J connectivity index is 2.20. The summed E-state index contributed by atoms with van der Waals surface area (Å²) in [5.41, 5.74) is 8.51. The SMILES string of the molecule is CC(C)n1c(C2CC2)nc(-c2ccccc2C#N)c1N. The number of nitrogen functional groups attached to an aromatic ring is 1. The Bertz CT molecular complexity index is 687. The Morgan fingerprint density at radius 3 is 2.65 bits per heavy atom. The highest BCUT2D eigenvalue weighted by Crippen LogP contribution is 2.43. The second kappa shape index (κ2) is 4.68. The normalized spacial score (nSPS) is 14.5. The first-order valence-electron chi connectivity index (χ1n) is 7.00. The van der Waals surface area contributed by atoms with Crippen LogP contribution in [0.1, 0.15) is 50.0 Å². The highest BCUT2D eigenvalue weighted by atomic mass is 15.2. The maximum atomic E-state index is 9.25. The Kier molecular flexibility index (Phi) is 2.98. The lowest BCUT2D eigenvalue weighted by Gasteiger charge is -2.13. The molecule has 1 heterocycles. The summed E-state index contributed by atoms with van der Waals surface area (Å²) in [5.74, 6) is 2.27. The molecule has 0 unspecified atom stereocenters. The van der Waals surface area contributed by atoms with Crippen molar-refractivity contribution in [1.82, 2.24) is 9.55 Å². The van der Waals surface area contributed by atoms with Crippen LogP contribution in [0.5, 0.6) is 0 Å². The van der Waals surface area contributed by atoms with Gasteiger partial charge >= 0.3 is 0 Å². The van der Waals surface area contributed by atoms with E-state index in [2.05, 4.69) is 24.5 Å². The molecule has 0 aliphatic heterocycles. The summed E-state index contributed by atoms with van der Waals surface area (Å²) in [4.78, 5) is 4.76. The molecule has 1 aliphatic carbocycles. The summed E-state index contributed by atoms with van der Waals surface area (Å²) in [6, 6.07) is 10.00. The number of benzene rings is 1. The number of nitrogens with zero attached hydrogens (tertiary/aromatic N) is 3. The number of rotatable bonds is 3. The van der Waals surface area contributed by atoms with E-state index in [0.29, 0.717) is 17.3 Å². The van der Waals surface area contributed by atoms with E-state index in [1.165, 1.54) is 12.8 Å². The van der Waals surface area contributed by atoms with Gasteiger partial charge in [-0.25, -0.2) is 4.98 Å². The average molecular weight is 266 g/mol.